The first-order valence-corrected chi connectivity index (χ1v) is 11.4. The summed E-state index contributed by atoms with van der Waals surface area (Å²) < 4.78 is 39.5. The molecule has 7 nitrogen and oxygen atoms in total. The maximum absolute atomic E-state index is 14.8. The molecule has 1 amide bonds. The summed E-state index contributed by atoms with van der Waals surface area (Å²) in [6, 6.07) is 15.3. The van der Waals surface area contributed by atoms with E-state index in [4.69, 9.17) is 5.26 Å². The molecule has 0 radical (unpaired) electrons. The molecule has 1 N–H and O–H groups in total. The molecule has 0 spiro atoms. The van der Waals surface area contributed by atoms with E-state index in [9.17, 15) is 17.6 Å². The van der Waals surface area contributed by atoms with Crippen LogP contribution in [0.15, 0.2) is 48.5 Å². The molecule has 0 saturated heterocycles. The summed E-state index contributed by atoms with van der Waals surface area (Å²) in [5.74, 6) is -1.46. The van der Waals surface area contributed by atoms with Gasteiger partial charge in [0.1, 0.15) is 11.5 Å². The van der Waals surface area contributed by atoms with E-state index in [1.807, 2.05) is 41.1 Å². The number of sulfonamides is 1. The Bertz CT molecular complexity index is 1230. The van der Waals surface area contributed by atoms with Crippen LogP contribution >= 0.6 is 11.3 Å². The predicted molar refractivity (Wildman–Crippen MR) is 113 cm³/mol. The number of halogens is 1. The van der Waals surface area contributed by atoms with Gasteiger partial charge < -0.3 is 4.90 Å². The molecule has 0 aliphatic carbocycles. The summed E-state index contributed by atoms with van der Waals surface area (Å²) in [5.41, 5.74) is 1.19. The van der Waals surface area contributed by atoms with Crippen molar-refractivity contribution in [1.82, 2.24) is 9.71 Å². The van der Waals surface area contributed by atoms with Crippen LogP contribution in [0.5, 0.6) is 0 Å². The highest BCUT2D eigenvalue weighted by Crippen LogP contribution is 2.34. The number of aromatic nitrogens is 1. The second-order valence-electron chi connectivity index (χ2n) is 6.45. The number of anilines is 2. The molecule has 1 aromatic heterocycles. The highest BCUT2D eigenvalue weighted by atomic mass is 32.2. The molecule has 3 rings (SSSR count). The van der Waals surface area contributed by atoms with Gasteiger partial charge in [-0.05, 0) is 30.7 Å². The van der Waals surface area contributed by atoms with Crippen molar-refractivity contribution in [1.29, 1.82) is 5.26 Å². The number of thiazole rings is 1. The highest BCUT2D eigenvalue weighted by molar-refractivity contribution is 7.89. The lowest BCUT2D eigenvalue weighted by molar-refractivity contribution is 0.0977. The number of aryl methyl sites for hydroxylation is 1. The molecule has 0 saturated carbocycles. The minimum absolute atomic E-state index is 0.0486. The topological polar surface area (TPSA) is 103 Å². The molecule has 0 aliphatic rings. The first-order valence-electron chi connectivity index (χ1n) is 8.68. The fourth-order valence-corrected chi connectivity index (χ4v) is 4.09. The van der Waals surface area contributed by atoms with Crippen LogP contribution in [0.1, 0.15) is 26.5 Å². The van der Waals surface area contributed by atoms with Gasteiger partial charge >= 0.3 is 0 Å². The molecular formula is C20H17FN4O3S2. The summed E-state index contributed by atoms with van der Waals surface area (Å²) in [4.78, 5) is 18.6. The second kappa shape index (κ2) is 8.61. The zero-order valence-electron chi connectivity index (χ0n) is 16.1. The molecule has 1 heterocycles. The maximum Gasteiger partial charge on any atom is 0.284 e. The van der Waals surface area contributed by atoms with Crippen LogP contribution < -0.4 is 9.62 Å². The third-order valence-corrected chi connectivity index (χ3v) is 5.61. The van der Waals surface area contributed by atoms with Gasteiger partial charge in [-0.25, -0.2) is 22.5 Å². The number of nitrogens with zero attached hydrogens (tertiary/aromatic N) is 3. The van der Waals surface area contributed by atoms with Crippen molar-refractivity contribution >= 4 is 38.1 Å². The lowest BCUT2D eigenvalue weighted by Crippen LogP contribution is -2.30. The van der Waals surface area contributed by atoms with Gasteiger partial charge in [-0.2, -0.15) is 5.26 Å². The number of carbonyl (C=O) groups is 1. The second-order valence-corrected chi connectivity index (χ2v) is 9.38. The molecule has 0 aliphatic heterocycles. The van der Waals surface area contributed by atoms with Crippen molar-refractivity contribution in [2.75, 3.05) is 11.2 Å². The Balaban J connectivity index is 2.06. The lowest BCUT2D eigenvalue weighted by Gasteiger charge is -2.23. The first-order chi connectivity index (χ1) is 14.2. The maximum atomic E-state index is 14.8. The number of hydrogen-bond acceptors (Lipinski definition) is 7. The SMILES string of the molecule is Cc1sc(N(Cc2ccccc2)c2ccc(C#N)cc2F)nc1C(=O)NS(C)(=O)=O. The number of nitrogens with one attached hydrogen (secondary N) is 1. The van der Waals surface area contributed by atoms with Crippen LogP contribution in [0.3, 0.4) is 0 Å². The minimum Gasteiger partial charge on any atom is -0.311 e. The third kappa shape index (κ3) is 5.00. The number of carbonyl (C=O) groups excluding carboxylic acids is 1. The number of hydrogen-bond donors (Lipinski definition) is 1. The van der Waals surface area contributed by atoms with Crippen LogP contribution in [0.2, 0.25) is 0 Å². The standard InChI is InChI=1S/C20H17FN4O3S2/c1-13-18(19(26)24-30(2,27)28)23-20(29-13)25(12-14-6-4-3-5-7-14)17-9-8-15(11-22)10-16(17)21/h3-10H,12H2,1-2H3,(H,24,26). The quantitative estimate of drug-likeness (QED) is 0.624. The van der Waals surface area contributed by atoms with Gasteiger partial charge in [-0.3, -0.25) is 4.79 Å². The lowest BCUT2D eigenvalue weighted by atomic mass is 10.1. The van der Waals surface area contributed by atoms with E-state index >= 15 is 0 Å². The third-order valence-electron chi connectivity index (χ3n) is 4.06. The summed E-state index contributed by atoms with van der Waals surface area (Å²) >= 11 is 1.14. The van der Waals surface area contributed by atoms with E-state index < -0.39 is 21.7 Å². The van der Waals surface area contributed by atoms with Crippen molar-refractivity contribution in [3.63, 3.8) is 0 Å². The molecule has 0 fully saturated rings. The number of rotatable bonds is 6. The Labute approximate surface area is 177 Å². The summed E-state index contributed by atoms with van der Waals surface area (Å²) in [6.45, 7) is 1.89. The molecule has 0 unspecified atom stereocenters. The van der Waals surface area contributed by atoms with Gasteiger partial charge in [0.25, 0.3) is 5.91 Å². The fraction of sp³-hybridized carbons (Fsp3) is 0.150. The van der Waals surface area contributed by atoms with Crippen LogP contribution in [-0.2, 0) is 16.6 Å². The van der Waals surface area contributed by atoms with Crippen LogP contribution in [-0.4, -0.2) is 25.6 Å². The molecule has 154 valence electrons. The molecular weight excluding hydrogens is 427 g/mol. The van der Waals surface area contributed by atoms with Gasteiger partial charge in [-0.15, -0.1) is 11.3 Å². The minimum atomic E-state index is -3.75. The van der Waals surface area contributed by atoms with Gasteiger partial charge in [0.15, 0.2) is 5.13 Å². The van der Waals surface area contributed by atoms with Gasteiger partial charge in [0.2, 0.25) is 10.0 Å². The van der Waals surface area contributed by atoms with Crippen molar-refractivity contribution in [2.24, 2.45) is 0 Å². The van der Waals surface area contributed by atoms with E-state index in [0.29, 0.717) is 10.0 Å². The average molecular weight is 445 g/mol. The largest absolute Gasteiger partial charge is 0.311 e. The Morgan fingerprint density at radius 1 is 1.27 bits per heavy atom. The van der Waals surface area contributed by atoms with E-state index in [1.54, 1.807) is 11.8 Å². The number of amides is 1. The summed E-state index contributed by atoms with van der Waals surface area (Å²) in [5, 5.41) is 9.32. The Morgan fingerprint density at radius 2 is 1.97 bits per heavy atom. The van der Waals surface area contributed by atoms with Gasteiger partial charge in [0, 0.05) is 4.88 Å². The number of benzene rings is 2. The molecule has 2 aromatic carbocycles. The zero-order valence-corrected chi connectivity index (χ0v) is 17.7. The zero-order chi connectivity index (χ0) is 21.9. The van der Waals surface area contributed by atoms with Crippen molar-refractivity contribution < 1.29 is 17.6 Å². The average Bonchev–Trinajstić information content (AvgIpc) is 3.07. The van der Waals surface area contributed by atoms with Crippen LogP contribution in [0.25, 0.3) is 0 Å². The summed E-state index contributed by atoms with van der Waals surface area (Å²) in [6.07, 6.45) is 0.876. The van der Waals surface area contributed by atoms with Gasteiger partial charge in [0.05, 0.1) is 30.1 Å². The Hall–Kier alpha value is -3.29. The smallest absolute Gasteiger partial charge is 0.284 e. The van der Waals surface area contributed by atoms with E-state index in [0.717, 1.165) is 29.2 Å². The molecule has 0 bridgehead atoms. The van der Waals surface area contributed by atoms with Crippen molar-refractivity contribution in [2.45, 2.75) is 13.5 Å². The number of nitriles is 1. The van der Waals surface area contributed by atoms with Crippen molar-refractivity contribution in [3.8, 4) is 6.07 Å². The fourth-order valence-electron chi connectivity index (χ4n) is 2.74. The predicted octanol–water partition coefficient (Wildman–Crippen LogP) is 3.49. The molecule has 10 heteroatoms. The normalized spacial score (nSPS) is 11.0. The van der Waals surface area contributed by atoms with E-state index in [1.165, 1.54) is 12.1 Å². The van der Waals surface area contributed by atoms with Crippen LogP contribution in [0, 0.1) is 24.1 Å². The first kappa shape index (κ1) is 21.4. The molecule has 30 heavy (non-hydrogen) atoms. The Morgan fingerprint density at radius 3 is 2.57 bits per heavy atom. The highest BCUT2D eigenvalue weighted by Gasteiger charge is 2.23. The Kier molecular flexibility index (Phi) is 6.14. The van der Waals surface area contributed by atoms with Gasteiger partial charge in [-0.1, -0.05) is 30.3 Å². The monoisotopic (exact) mass is 444 g/mol. The van der Waals surface area contributed by atoms with Crippen LogP contribution in [0.4, 0.5) is 15.2 Å². The van der Waals surface area contributed by atoms with E-state index in [2.05, 4.69) is 4.98 Å². The molecule has 3 aromatic rings. The summed E-state index contributed by atoms with van der Waals surface area (Å²) in [7, 11) is -3.75. The molecule has 0 atom stereocenters. The van der Waals surface area contributed by atoms with E-state index in [-0.39, 0.29) is 23.5 Å². The van der Waals surface area contributed by atoms with Crippen molar-refractivity contribution in [3.05, 3.63) is 76.0 Å².